The molecule has 73 heavy (non-hydrogen) atoms. The van der Waals surface area contributed by atoms with E-state index in [9.17, 15) is 19.2 Å². The molecule has 7 amide bonds. The third-order valence-corrected chi connectivity index (χ3v) is 25.7. The van der Waals surface area contributed by atoms with Gasteiger partial charge < -0.3 is 55.0 Å². The molecule has 5 rings (SSSR count). The van der Waals surface area contributed by atoms with Crippen LogP contribution in [0.1, 0.15) is 124 Å². The number of rotatable bonds is 22. The van der Waals surface area contributed by atoms with Crippen LogP contribution < -0.4 is 41.1 Å². The van der Waals surface area contributed by atoms with Gasteiger partial charge in [-0.3, -0.25) is 14.4 Å². The van der Waals surface area contributed by atoms with E-state index in [1.807, 2.05) is 4.90 Å². The second-order valence-corrected chi connectivity index (χ2v) is 32.9. The largest absolute Gasteiger partial charge is 0.540 e. The Hall–Kier alpha value is -5.61. The van der Waals surface area contributed by atoms with Gasteiger partial charge in [-0.15, -0.1) is 0 Å². The molecule has 2 aromatic carbocycles. The fourth-order valence-corrected chi connectivity index (χ4v) is 16.6. The lowest BCUT2D eigenvalue weighted by atomic mass is 10.0. The monoisotopic (exact) mass is 1050 g/mol. The zero-order valence-electron chi connectivity index (χ0n) is 45.7. The lowest BCUT2D eigenvalue weighted by Crippen LogP contribution is -2.58. The van der Waals surface area contributed by atoms with Crippen LogP contribution in [-0.4, -0.2) is 109 Å². The Morgan fingerprint density at radius 2 is 1.53 bits per heavy atom. The number of alkyl carbamates (subject to hydrolysis) is 1. The normalized spacial score (nSPS) is 18.1. The summed E-state index contributed by atoms with van der Waals surface area (Å²) in [4.78, 5) is 84.7. The number of carbonyl (C=O) groups excluding carboxylic acids is 6. The molecule has 4 atom stereocenters. The van der Waals surface area contributed by atoms with Crippen LogP contribution in [0, 0.1) is 11.3 Å². The van der Waals surface area contributed by atoms with Crippen molar-refractivity contribution in [2.45, 2.75) is 174 Å². The average molecular weight is 1050 g/mol. The molecule has 1 spiro atoms. The Morgan fingerprint density at radius 1 is 0.904 bits per heavy atom. The summed E-state index contributed by atoms with van der Waals surface area (Å²) in [6.07, 6.45) is 2.09. The molecule has 20 heteroatoms. The van der Waals surface area contributed by atoms with Crippen molar-refractivity contribution in [2.75, 3.05) is 37.0 Å². The molecule has 0 bridgehead atoms. The number of methoxy groups -OCH3 is 1. The molecule has 2 aliphatic heterocycles. The van der Waals surface area contributed by atoms with Crippen LogP contribution in [0.25, 0.3) is 0 Å². The summed E-state index contributed by atoms with van der Waals surface area (Å²) in [7, 11) is -3.67. The molecular formula is C53H83N7O11Si2. The van der Waals surface area contributed by atoms with E-state index in [1.54, 1.807) is 62.3 Å². The molecule has 6 N–H and O–H groups in total. The molecule has 2 aromatic rings. The maximum atomic E-state index is 15.2. The minimum Gasteiger partial charge on any atom is -0.540 e. The smallest absolute Gasteiger partial charge is 0.416 e. The molecule has 0 aromatic heterocycles. The maximum Gasteiger partial charge on any atom is 0.416 e. The number of urea groups is 1. The van der Waals surface area contributed by atoms with E-state index in [0.717, 1.165) is 12.8 Å². The van der Waals surface area contributed by atoms with Gasteiger partial charge in [0.1, 0.15) is 31.0 Å². The van der Waals surface area contributed by atoms with Gasteiger partial charge in [0, 0.05) is 24.8 Å². The van der Waals surface area contributed by atoms with Crippen LogP contribution in [0.2, 0.25) is 34.8 Å². The third-order valence-electron chi connectivity index (χ3n) is 15.3. The number of nitrogens with two attached hydrogens (primary N) is 1. The summed E-state index contributed by atoms with van der Waals surface area (Å²) in [5.74, 6) is -0.836. The molecule has 3 aliphatic rings. The Morgan fingerprint density at radius 3 is 2.07 bits per heavy atom. The highest BCUT2D eigenvalue weighted by Gasteiger charge is 2.60. The summed E-state index contributed by atoms with van der Waals surface area (Å²) in [5.41, 5.74) is 7.51. The summed E-state index contributed by atoms with van der Waals surface area (Å²) >= 11 is 0. The molecule has 2 fully saturated rings. The van der Waals surface area contributed by atoms with E-state index in [0.29, 0.717) is 53.4 Å². The number of anilines is 2. The van der Waals surface area contributed by atoms with Gasteiger partial charge in [0.2, 0.25) is 11.8 Å². The highest BCUT2D eigenvalue weighted by molar-refractivity contribution is 6.78. The first kappa shape index (κ1) is 58.3. The molecule has 1 saturated carbocycles. The maximum absolute atomic E-state index is 15.2. The molecule has 404 valence electrons. The standard InChI is InChI=1S/C53H83N7O11Si2/c1-16-26-68-50(65)58-44(32(2)3)46(62)57-39(18-17-25-55-49(54)64)45(61)56-37-21-19-36(20-22-37)30-69-51(66)60-40-28-43(70-73(33(4)5,34(6)7)35(8)9)42(67-13)27-38(40)47(63)59-31-53(23-24-53)29-41(59)48(60)71-72(14,15)52(10,11)12/h16,19-22,27-28,32-35,39,41,44,48H,1,17-18,23-26,29-31H2,2-15H3,(H,56,61)(H,57,62)(H,58,65)(H3,54,55,64)/t39-,41-,44-,48?/m0/s1. The number of nitrogens with zero attached hydrogens (tertiary/aromatic N) is 2. The van der Waals surface area contributed by atoms with Crippen LogP contribution in [0.5, 0.6) is 11.5 Å². The second kappa shape index (κ2) is 23.7. The zero-order chi connectivity index (χ0) is 54.4. The van der Waals surface area contributed by atoms with Crippen molar-refractivity contribution in [1.29, 1.82) is 0 Å². The van der Waals surface area contributed by atoms with Gasteiger partial charge in [0.25, 0.3) is 14.2 Å². The Balaban J connectivity index is 1.47. The number of amides is 7. The number of primary amides is 1. The van der Waals surface area contributed by atoms with Gasteiger partial charge in [-0.05, 0) is 102 Å². The third kappa shape index (κ3) is 13.6. The molecule has 18 nitrogen and oxygen atoms in total. The quantitative estimate of drug-likeness (QED) is 0.0424. The SMILES string of the molecule is C=CCOC(=O)N[C@H](C(=O)N[C@@H](CCCNC(N)=O)C(=O)Nc1ccc(COC(=O)N2c3cc(O[Si](C(C)C)(C(C)C)C(C)C)c(OC)cc3C(=O)N3CC4(CC4)C[C@H]3C2O[Si](C)(C)C(C)(C)C)cc1)C(C)C. The van der Waals surface area contributed by atoms with Crippen LogP contribution in [0.15, 0.2) is 49.1 Å². The van der Waals surface area contributed by atoms with Crippen LogP contribution in [-0.2, 0) is 30.1 Å². The molecule has 1 saturated heterocycles. The first-order valence-corrected chi connectivity index (χ1v) is 30.8. The van der Waals surface area contributed by atoms with Gasteiger partial charge in [-0.1, -0.05) is 101 Å². The van der Waals surface area contributed by atoms with Crippen LogP contribution in [0.3, 0.4) is 0 Å². The number of hydrogen-bond donors (Lipinski definition) is 5. The van der Waals surface area contributed by atoms with E-state index in [4.69, 9.17) is 28.8 Å². The highest BCUT2D eigenvalue weighted by atomic mass is 28.4. The molecule has 1 aliphatic carbocycles. The van der Waals surface area contributed by atoms with E-state index >= 15 is 9.59 Å². The van der Waals surface area contributed by atoms with Crippen molar-refractivity contribution in [2.24, 2.45) is 17.1 Å². The van der Waals surface area contributed by atoms with Crippen molar-refractivity contribution in [1.82, 2.24) is 20.9 Å². The van der Waals surface area contributed by atoms with Gasteiger partial charge in [-0.25, -0.2) is 19.3 Å². The minimum atomic E-state index is -2.65. The Kier molecular flexibility index (Phi) is 18.9. The fraction of sp³-hybridized carbons (Fsp3) is 0.623. The molecule has 2 heterocycles. The predicted molar refractivity (Wildman–Crippen MR) is 288 cm³/mol. The van der Waals surface area contributed by atoms with Crippen molar-refractivity contribution in [3.8, 4) is 11.5 Å². The van der Waals surface area contributed by atoms with Crippen LogP contribution in [0.4, 0.5) is 25.8 Å². The summed E-state index contributed by atoms with van der Waals surface area (Å²) in [6, 6.07) is 6.98. The summed E-state index contributed by atoms with van der Waals surface area (Å²) in [5, 5.41) is 10.4. The lowest BCUT2D eigenvalue weighted by molar-refractivity contribution is -0.128. The highest BCUT2D eigenvalue weighted by Crippen LogP contribution is 2.58. The summed E-state index contributed by atoms with van der Waals surface area (Å²) in [6.45, 7) is 31.4. The number of hydrogen-bond acceptors (Lipinski definition) is 11. The minimum absolute atomic E-state index is 0.0355. The van der Waals surface area contributed by atoms with Crippen molar-refractivity contribution < 1.29 is 51.8 Å². The van der Waals surface area contributed by atoms with Crippen LogP contribution >= 0.6 is 0 Å². The Bertz CT molecular complexity index is 2310. The fourth-order valence-electron chi connectivity index (χ4n) is 10.1. The Labute approximate surface area is 434 Å². The zero-order valence-corrected chi connectivity index (χ0v) is 47.7. The first-order valence-electron chi connectivity index (χ1n) is 25.7. The first-order chi connectivity index (χ1) is 34.1. The summed E-state index contributed by atoms with van der Waals surface area (Å²) < 4.78 is 31.9. The van der Waals surface area contributed by atoms with Gasteiger partial charge in [-0.2, -0.15) is 0 Å². The van der Waals surface area contributed by atoms with Crippen molar-refractivity contribution >= 4 is 63.9 Å². The van der Waals surface area contributed by atoms with Gasteiger partial charge in [0.15, 0.2) is 20.3 Å². The van der Waals surface area contributed by atoms with E-state index in [2.05, 4.69) is 103 Å². The molecule has 1 unspecified atom stereocenters. The molecular weight excluding hydrogens is 967 g/mol. The van der Waals surface area contributed by atoms with E-state index in [-0.39, 0.29) is 65.1 Å². The lowest BCUT2D eigenvalue weighted by Gasteiger charge is -2.44. The number of benzene rings is 2. The van der Waals surface area contributed by atoms with Crippen molar-refractivity contribution in [3.63, 3.8) is 0 Å². The van der Waals surface area contributed by atoms with Crippen molar-refractivity contribution in [3.05, 3.63) is 60.2 Å². The second-order valence-electron chi connectivity index (χ2n) is 22.8. The van der Waals surface area contributed by atoms with Gasteiger partial charge in [0.05, 0.1) is 24.4 Å². The number of ether oxygens (including phenoxy) is 3. The number of nitrogens with one attached hydrogen (secondary N) is 4. The number of carbonyl (C=O) groups is 6. The molecule has 0 radical (unpaired) electrons. The van der Waals surface area contributed by atoms with E-state index < -0.39 is 71.0 Å². The van der Waals surface area contributed by atoms with E-state index in [1.165, 1.54) is 6.08 Å². The number of fused-ring (bicyclic) bond motifs is 2. The van der Waals surface area contributed by atoms with Gasteiger partial charge >= 0.3 is 18.2 Å². The predicted octanol–water partition coefficient (Wildman–Crippen LogP) is 9.56. The average Bonchev–Trinajstić information content (AvgIpc) is 3.98. The topological polar surface area (TPSA) is 229 Å².